The lowest BCUT2D eigenvalue weighted by Crippen LogP contribution is -2.18. The number of thiazole rings is 1. The molecule has 12 nitrogen and oxygen atoms in total. The van der Waals surface area contributed by atoms with E-state index in [2.05, 4.69) is 20.3 Å². The Labute approximate surface area is 211 Å². The normalized spacial score (nSPS) is 10.3. The van der Waals surface area contributed by atoms with Crippen molar-refractivity contribution in [2.24, 2.45) is 0 Å². The lowest BCUT2D eigenvalue weighted by molar-refractivity contribution is -0.385. The summed E-state index contributed by atoms with van der Waals surface area (Å²) in [6.07, 6.45) is 6.17. The van der Waals surface area contributed by atoms with Crippen molar-refractivity contribution in [2.45, 2.75) is 0 Å². The minimum absolute atomic E-state index is 0.0740. The summed E-state index contributed by atoms with van der Waals surface area (Å²) in [4.78, 5) is 54.7. The first kappa shape index (κ1) is 24.8. The molecule has 37 heavy (non-hydrogen) atoms. The van der Waals surface area contributed by atoms with Gasteiger partial charge in [0.05, 0.1) is 20.7 Å². The van der Waals surface area contributed by atoms with Gasteiger partial charge in [0.1, 0.15) is 16.2 Å². The Balaban J connectivity index is 0.000000173. The number of H-pyrrole nitrogens is 1. The van der Waals surface area contributed by atoms with E-state index in [9.17, 15) is 29.8 Å². The molecular weight excluding hydrogens is 500 g/mol. The standard InChI is InChI=1S/C12H9N3O4.C12H7N3O2S/c16-11-4-5-13-7-10(11)14-12(17)8-2-1-3-9(6-8)15(18)19;16-15(17)9-3-1-2-8(6-9)12-14-10-7-13-5-4-11(10)18-12/h1-7H,(H,13,16)(H,14,17);1-7H. The van der Waals surface area contributed by atoms with Crippen LogP contribution in [0.3, 0.4) is 0 Å². The van der Waals surface area contributed by atoms with E-state index in [0.717, 1.165) is 26.9 Å². The molecule has 0 spiro atoms. The van der Waals surface area contributed by atoms with E-state index < -0.39 is 15.8 Å². The third-order valence-corrected chi connectivity index (χ3v) is 5.97. The van der Waals surface area contributed by atoms with Crippen LogP contribution in [0.15, 0.2) is 90.2 Å². The number of aromatic amines is 1. The zero-order chi connectivity index (χ0) is 26.4. The average molecular weight is 516 g/mol. The first-order valence-electron chi connectivity index (χ1n) is 10.5. The predicted octanol–water partition coefficient (Wildman–Crippen LogP) is 4.80. The highest BCUT2D eigenvalue weighted by molar-refractivity contribution is 7.21. The molecule has 184 valence electrons. The number of hydrogen-bond acceptors (Lipinski definition) is 9. The summed E-state index contributed by atoms with van der Waals surface area (Å²) in [6, 6.07) is 14.9. The topological polar surface area (TPSA) is 174 Å². The van der Waals surface area contributed by atoms with Crippen LogP contribution in [-0.4, -0.2) is 30.7 Å². The van der Waals surface area contributed by atoms with Crippen molar-refractivity contribution in [1.82, 2.24) is 15.0 Å². The van der Waals surface area contributed by atoms with Crippen molar-refractivity contribution in [3.8, 4) is 10.6 Å². The number of amides is 1. The maximum absolute atomic E-state index is 11.9. The number of rotatable bonds is 5. The fourth-order valence-corrected chi connectivity index (χ4v) is 4.05. The SMILES string of the molecule is O=C(Nc1c[nH]ccc1=O)c1cccc([N+](=O)[O-])c1.O=[N+]([O-])c1cccc(-c2nc3cnccc3s2)c1. The summed E-state index contributed by atoms with van der Waals surface area (Å²) < 4.78 is 1.02. The van der Waals surface area contributed by atoms with Crippen molar-refractivity contribution in [3.63, 3.8) is 0 Å². The van der Waals surface area contributed by atoms with Gasteiger partial charge in [-0.2, -0.15) is 0 Å². The monoisotopic (exact) mass is 516 g/mol. The van der Waals surface area contributed by atoms with E-state index in [0.29, 0.717) is 0 Å². The van der Waals surface area contributed by atoms with E-state index in [1.165, 1.54) is 60.1 Å². The zero-order valence-corrected chi connectivity index (χ0v) is 19.5. The third-order valence-electron chi connectivity index (χ3n) is 4.89. The Morgan fingerprint density at radius 2 is 1.70 bits per heavy atom. The number of carbonyl (C=O) groups excluding carboxylic acids is 1. The van der Waals surface area contributed by atoms with Crippen molar-refractivity contribution in [3.05, 3.63) is 121 Å². The summed E-state index contributed by atoms with van der Waals surface area (Å²) in [6.45, 7) is 0. The number of carbonyl (C=O) groups is 1. The van der Waals surface area contributed by atoms with E-state index in [4.69, 9.17) is 0 Å². The van der Waals surface area contributed by atoms with Crippen molar-refractivity contribution >= 4 is 44.5 Å². The summed E-state index contributed by atoms with van der Waals surface area (Å²) in [7, 11) is 0. The van der Waals surface area contributed by atoms with E-state index in [-0.39, 0.29) is 28.1 Å². The maximum atomic E-state index is 11.9. The van der Waals surface area contributed by atoms with Crippen molar-refractivity contribution in [2.75, 3.05) is 5.32 Å². The van der Waals surface area contributed by atoms with Crippen LogP contribution >= 0.6 is 11.3 Å². The number of non-ortho nitro benzene ring substituents is 2. The lowest BCUT2D eigenvalue weighted by Gasteiger charge is -2.03. The summed E-state index contributed by atoms with van der Waals surface area (Å²) in [5.41, 5.74) is 1.29. The molecule has 3 heterocycles. The molecule has 0 saturated carbocycles. The highest BCUT2D eigenvalue weighted by atomic mass is 32.1. The highest BCUT2D eigenvalue weighted by Gasteiger charge is 2.13. The molecule has 0 unspecified atom stereocenters. The number of nitro benzene ring substituents is 2. The van der Waals surface area contributed by atoms with Gasteiger partial charge in [-0.05, 0) is 12.1 Å². The van der Waals surface area contributed by atoms with Crippen LogP contribution in [0.5, 0.6) is 0 Å². The largest absolute Gasteiger partial charge is 0.366 e. The average Bonchev–Trinajstić information content (AvgIpc) is 3.35. The molecule has 3 aromatic heterocycles. The van der Waals surface area contributed by atoms with Gasteiger partial charge in [-0.1, -0.05) is 18.2 Å². The molecule has 2 N–H and O–H groups in total. The van der Waals surface area contributed by atoms with Gasteiger partial charge in [0.2, 0.25) is 5.43 Å². The van der Waals surface area contributed by atoms with Gasteiger partial charge >= 0.3 is 0 Å². The molecule has 0 aliphatic heterocycles. The van der Waals surface area contributed by atoms with Crippen LogP contribution in [0.2, 0.25) is 0 Å². The number of nitrogens with one attached hydrogen (secondary N) is 2. The van der Waals surface area contributed by atoms with Crippen LogP contribution in [0.1, 0.15) is 10.4 Å². The maximum Gasteiger partial charge on any atom is 0.270 e. The van der Waals surface area contributed by atoms with Crippen molar-refractivity contribution < 1.29 is 14.6 Å². The van der Waals surface area contributed by atoms with Gasteiger partial charge in [-0.3, -0.25) is 34.8 Å². The molecule has 0 aliphatic rings. The molecule has 0 aliphatic carbocycles. The second-order valence-electron chi connectivity index (χ2n) is 7.35. The first-order valence-corrected chi connectivity index (χ1v) is 11.3. The summed E-state index contributed by atoms with van der Waals surface area (Å²) in [5, 5.41) is 24.5. The first-order chi connectivity index (χ1) is 17.8. The van der Waals surface area contributed by atoms with Crippen LogP contribution in [0, 0.1) is 20.2 Å². The number of nitro groups is 2. The molecule has 0 radical (unpaired) electrons. The number of benzene rings is 2. The molecule has 0 saturated heterocycles. The van der Waals surface area contributed by atoms with Gasteiger partial charge in [0.15, 0.2) is 0 Å². The molecule has 5 aromatic rings. The molecule has 1 amide bonds. The number of fused-ring (bicyclic) bond motifs is 1. The molecule has 2 aromatic carbocycles. The minimum atomic E-state index is -0.591. The van der Waals surface area contributed by atoms with Crippen LogP contribution in [0.25, 0.3) is 20.8 Å². The Bertz CT molecular complexity index is 1650. The van der Waals surface area contributed by atoms with Crippen LogP contribution < -0.4 is 10.7 Å². The van der Waals surface area contributed by atoms with Gasteiger partial charge in [0, 0.05) is 60.0 Å². The second-order valence-corrected chi connectivity index (χ2v) is 8.38. The summed E-state index contributed by atoms with van der Waals surface area (Å²) in [5.74, 6) is -0.583. The van der Waals surface area contributed by atoms with E-state index in [1.807, 2.05) is 12.1 Å². The number of nitrogens with zero attached hydrogens (tertiary/aromatic N) is 4. The number of anilines is 1. The second kappa shape index (κ2) is 11.0. The minimum Gasteiger partial charge on any atom is -0.366 e. The van der Waals surface area contributed by atoms with Gasteiger partial charge in [-0.25, -0.2) is 4.98 Å². The fourth-order valence-electron chi connectivity index (χ4n) is 3.13. The highest BCUT2D eigenvalue weighted by Crippen LogP contribution is 2.31. The van der Waals surface area contributed by atoms with Crippen LogP contribution in [0.4, 0.5) is 17.1 Å². The van der Waals surface area contributed by atoms with E-state index in [1.54, 1.807) is 18.5 Å². The summed E-state index contributed by atoms with van der Waals surface area (Å²) >= 11 is 1.50. The fraction of sp³-hybridized carbons (Fsp3) is 0. The predicted molar refractivity (Wildman–Crippen MR) is 138 cm³/mol. The molecule has 0 atom stereocenters. The Morgan fingerprint density at radius 3 is 2.41 bits per heavy atom. The van der Waals surface area contributed by atoms with Gasteiger partial charge < -0.3 is 10.3 Å². The molecule has 0 fully saturated rings. The Morgan fingerprint density at radius 1 is 0.973 bits per heavy atom. The number of aromatic nitrogens is 3. The Kier molecular flexibility index (Phi) is 7.35. The molecule has 13 heteroatoms. The van der Waals surface area contributed by atoms with E-state index >= 15 is 0 Å². The van der Waals surface area contributed by atoms with Crippen LogP contribution in [-0.2, 0) is 0 Å². The smallest absolute Gasteiger partial charge is 0.270 e. The molecule has 5 rings (SSSR count). The van der Waals surface area contributed by atoms with Gasteiger partial charge in [0.25, 0.3) is 17.3 Å². The molecular formula is C24H16N6O6S. The number of pyridine rings is 2. The lowest BCUT2D eigenvalue weighted by atomic mass is 10.2. The third kappa shape index (κ3) is 6.04. The zero-order valence-electron chi connectivity index (χ0n) is 18.7. The van der Waals surface area contributed by atoms with Crippen molar-refractivity contribution in [1.29, 1.82) is 0 Å². The Hall–Kier alpha value is -5.30. The number of hydrogen-bond donors (Lipinski definition) is 2. The quantitative estimate of drug-likeness (QED) is 0.247. The van der Waals surface area contributed by atoms with Gasteiger partial charge in [-0.15, -0.1) is 11.3 Å². The molecule has 0 bridgehead atoms.